The van der Waals surface area contributed by atoms with Crippen molar-refractivity contribution in [2.75, 3.05) is 31.2 Å². The number of hydrogen-bond donors (Lipinski definition) is 1. The van der Waals surface area contributed by atoms with Gasteiger partial charge in [-0.3, -0.25) is 9.36 Å². The molecule has 0 saturated carbocycles. The molecule has 2 aliphatic rings. The first kappa shape index (κ1) is 22.1. The summed E-state index contributed by atoms with van der Waals surface area (Å²) < 4.78 is 7.65. The van der Waals surface area contributed by atoms with Crippen LogP contribution in [0.15, 0.2) is 29.4 Å². The van der Waals surface area contributed by atoms with E-state index >= 15 is 0 Å². The molecule has 1 amide bonds. The molecule has 168 valence electrons. The number of aromatic nitrogens is 3. The van der Waals surface area contributed by atoms with E-state index in [1.54, 1.807) is 0 Å². The highest BCUT2D eigenvalue weighted by Crippen LogP contribution is 2.31. The number of fused-ring (bicyclic) bond motifs is 1. The molecule has 1 fully saturated rings. The number of anilines is 1. The summed E-state index contributed by atoms with van der Waals surface area (Å²) in [6, 6.07) is 8.55. The highest BCUT2D eigenvalue weighted by molar-refractivity contribution is 8.00. The number of carbonyl (C=O) groups excluding carboxylic acids is 1. The van der Waals surface area contributed by atoms with Crippen LogP contribution in [0.2, 0.25) is 0 Å². The van der Waals surface area contributed by atoms with Gasteiger partial charge in [0.25, 0.3) is 0 Å². The fourth-order valence-electron chi connectivity index (χ4n) is 4.29. The molecule has 2 heterocycles. The fraction of sp³-hybridized carbons (Fsp3) is 0.609. The molecule has 1 aliphatic heterocycles. The maximum absolute atomic E-state index is 13.1. The molecule has 31 heavy (non-hydrogen) atoms. The number of nitrogens with one attached hydrogen (secondary N) is 1. The third-order valence-electron chi connectivity index (χ3n) is 5.88. The normalized spacial score (nSPS) is 19.9. The molecule has 2 aromatic rings. The van der Waals surface area contributed by atoms with Crippen molar-refractivity contribution in [3.05, 3.63) is 35.4 Å². The van der Waals surface area contributed by atoms with Gasteiger partial charge in [0.05, 0.1) is 24.5 Å². The van der Waals surface area contributed by atoms with Crippen molar-refractivity contribution < 1.29 is 9.53 Å². The summed E-state index contributed by atoms with van der Waals surface area (Å²) in [4.78, 5) is 15.3. The first-order chi connectivity index (χ1) is 15.0. The van der Waals surface area contributed by atoms with Gasteiger partial charge in [0.1, 0.15) is 0 Å². The number of nitrogens with zero attached hydrogens (tertiary/aromatic N) is 4. The third kappa shape index (κ3) is 5.23. The van der Waals surface area contributed by atoms with Gasteiger partial charge in [-0.1, -0.05) is 49.9 Å². The van der Waals surface area contributed by atoms with Crippen molar-refractivity contribution in [2.24, 2.45) is 5.92 Å². The predicted molar refractivity (Wildman–Crippen MR) is 123 cm³/mol. The Labute approximate surface area is 188 Å². The van der Waals surface area contributed by atoms with Crippen molar-refractivity contribution in [1.82, 2.24) is 20.1 Å². The molecular formula is C23H33N5O2S. The summed E-state index contributed by atoms with van der Waals surface area (Å²) in [5.74, 6) is 1.39. The van der Waals surface area contributed by atoms with Crippen LogP contribution in [0.3, 0.4) is 0 Å². The fourth-order valence-corrected chi connectivity index (χ4v) is 5.16. The minimum absolute atomic E-state index is 0.0544. The van der Waals surface area contributed by atoms with Crippen molar-refractivity contribution >= 4 is 23.6 Å². The van der Waals surface area contributed by atoms with Crippen LogP contribution in [0.4, 0.5) is 5.95 Å². The first-order valence-electron chi connectivity index (χ1n) is 11.3. The smallest absolute Gasteiger partial charge is 0.233 e. The van der Waals surface area contributed by atoms with Crippen LogP contribution in [0.5, 0.6) is 0 Å². The molecule has 0 unspecified atom stereocenters. The predicted octanol–water partition coefficient (Wildman–Crippen LogP) is 3.45. The molecule has 1 aromatic heterocycles. The van der Waals surface area contributed by atoms with E-state index < -0.39 is 0 Å². The van der Waals surface area contributed by atoms with Crippen LogP contribution in [0, 0.1) is 5.92 Å². The second kappa shape index (κ2) is 10.0. The van der Waals surface area contributed by atoms with Crippen molar-refractivity contribution in [3.8, 4) is 0 Å². The molecule has 2 atom stereocenters. The molecule has 0 spiro atoms. The van der Waals surface area contributed by atoms with Crippen LogP contribution >= 0.6 is 11.8 Å². The van der Waals surface area contributed by atoms with Crippen molar-refractivity contribution in [1.29, 1.82) is 0 Å². The highest BCUT2D eigenvalue weighted by Gasteiger charge is 2.27. The van der Waals surface area contributed by atoms with Gasteiger partial charge in [0.2, 0.25) is 11.9 Å². The van der Waals surface area contributed by atoms with Crippen LogP contribution in [0.1, 0.15) is 50.8 Å². The Morgan fingerprint density at radius 2 is 2.00 bits per heavy atom. The molecular weight excluding hydrogens is 410 g/mol. The number of benzene rings is 1. The van der Waals surface area contributed by atoms with Crippen molar-refractivity contribution in [3.63, 3.8) is 0 Å². The van der Waals surface area contributed by atoms with E-state index in [4.69, 9.17) is 4.74 Å². The number of thioether (sulfide) groups is 1. The second-order valence-corrected chi connectivity index (χ2v) is 10.1. The number of amides is 1. The quantitative estimate of drug-likeness (QED) is 0.661. The molecule has 7 nitrogen and oxygen atoms in total. The molecule has 0 radical (unpaired) electrons. The van der Waals surface area contributed by atoms with Gasteiger partial charge in [-0.15, -0.1) is 10.2 Å². The number of rotatable bonds is 7. The Morgan fingerprint density at radius 1 is 1.23 bits per heavy atom. The van der Waals surface area contributed by atoms with Crippen molar-refractivity contribution in [2.45, 2.75) is 63.0 Å². The summed E-state index contributed by atoms with van der Waals surface area (Å²) in [6.07, 6.45) is 3.19. The molecule has 1 N–H and O–H groups in total. The van der Waals surface area contributed by atoms with Gasteiger partial charge in [0.15, 0.2) is 5.16 Å². The lowest BCUT2D eigenvalue weighted by molar-refractivity contribution is -0.121. The summed E-state index contributed by atoms with van der Waals surface area (Å²) in [7, 11) is 0. The first-order valence-corrected chi connectivity index (χ1v) is 12.2. The topological polar surface area (TPSA) is 72.3 Å². The Balaban J connectivity index is 1.46. The lowest BCUT2D eigenvalue weighted by Crippen LogP contribution is -2.38. The van der Waals surface area contributed by atoms with E-state index in [1.807, 2.05) is 6.92 Å². The molecule has 4 rings (SSSR count). The van der Waals surface area contributed by atoms with E-state index in [-0.39, 0.29) is 17.2 Å². The summed E-state index contributed by atoms with van der Waals surface area (Å²) in [5, 5.41) is 12.8. The Morgan fingerprint density at radius 3 is 2.77 bits per heavy atom. The average molecular weight is 444 g/mol. The second-order valence-electron chi connectivity index (χ2n) is 8.80. The Bertz CT molecular complexity index is 894. The SMILES string of the molecule is CC(C)Cn1c(S[C@@H](C)C(=O)N[C@H]2CCCc3ccccc32)nnc1N1CCOCC1. The lowest BCUT2D eigenvalue weighted by Gasteiger charge is -2.28. The van der Waals surface area contributed by atoms with E-state index in [9.17, 15) is 4.79 Å². The molecule has 1 aromatic carbocycles. The zero-order valence-corrected chi connectivity index (χ0v) is 19.5. The van der Waals surface area contributed by atoms with Gasteiger partial charge in [0, 0.05) is 19.6 Å². The van der Waals surface area contributed by atoms with Crippen LogP contribution in [0.25, 0.3) is 0 Å². The Kier molecular flexibility index (Phi) is 7.17. The summed E-state index contributed by atoms with van der Waals surface area (Å²) in [5.41, 5.74) is 2.61. The number of ether oxygens (including phenoxy) is 1. The minimum atomic E-state index is -0.248. The van der Waals surface area contributed by atoms with Gasteiger partial charge >= 0.3 is 0 Å². The molecule has 1 saturated heterocycles. The number of carbonyl (C=O) groups is 1. The van der Waals surface area contributed by atoms with Crippen LogP contribution < -0.4 is 10.2 Å². The monoisotopic (exact) mass is 443 g/mol. The summed E-state index contributed by atoms with van der Waals surface area (Å²) in [6.45, 7) is 10.2. The molecule has 8 heteroatoms. The van der Waals surface area contributed by atoms with Gasteiger partial charge in [-0.05, 0) is 43.2 Å². The summed E-state index contributed by atoms with van der Waals surface area (Å²) >= 11 is 1.49. The third-order valence-corrected chi connectivity index (χ3v) is 6.96. The maximum atomic E-state index is 13.1. The van der Waals surface area contributed by atoms with Crippen LogP contribution in [-0.2, 0) is 22.5 Å². The van der Waals surface area contributed by atoms with Gasteiger partial charge in [-0.25, -0.2) is 0 Å². The van der Waals surface area contributed by atoms with Gasteiger partial charge in [-0.2, -0.15) is 0 Å². The highest BCUT2D eigenvalue weighted by atomic mass is 32.2. The zero-order valence-electron chi connectivity index (χ0n) is 18.7. The van der Waals surface area contributed by atoms with E-state index in [2.05, 4.69) is 63.1 Å². The minimum Gasteiger partial charge on any atom is -0.378 e. The van der Waals surface area contributed by atoms with E-state index in [0.29, 0.717) is 19.1 Å². The lowest BCUT2D eigenvalue weighted by atomic mass is 9.88. The van der Waals surface area contributed by atoms with Crippen LogP contribution in [-0.4, -0.2) is 52.2 Å². The molecule has 1 aliphatic carbocycles. The largest absolute Gasteiger partial charge is 0.378 e. The van der Waals surface area contributed by atoms with E-state index in [1.165, 1.54) is 22.9 Å². The number of morpholine rings is 1. The number of hydrogen-bond acceptors (Lipinski definition) is 6. The average Bonchev–Trinajstić information content (AvgIpc) is 3.16. The number of aryl methyl sites for hydroxylation is 1. The van der Waals surface area contributed by atoms with Gasteiger partial charge < -0.3 is 15.0 Å². The zero-order chi connectivity index (χ0) is 21.8. The molecule has 0 bridgehead atoms. The standard InChI is InChI=1S/C23H33N5O2S/c1-16(2)15-28-22(27-11-13-30-14-12-27)25-26-23(28)31-17(3)21(29)24-20-10-6-8-18-7-4-5-9-19(18)20/h4-5,7,9,16-17,20H,6,8,10-15H2,1-3H3,(H,24,29)/t17-,20-/m0/s1. The maximum Gasteiger partial charge on any atom is 0.233 e. The Hall–Kier alpha value is -2.06. The van der Waals surface area contributed by atoms with E-state index in [0.717, 1.165) is 50.0 Å².